The van der Waals surface area contributed by atoms with Crippen LogP contribution in [-0.4, -0.2) is 29.7 Å². The summed E-state index contributed by atoms with van der Waals surface area (Å²) in [7, 11) is 1.81. The van der Waals surface area contributed by atoms with Gasteiger partial charge in [0.1, 0.15) is 0 Å². The first-order valence-corrected chi connectivity index (χ1v) is 7.35. The number of amides is 1. The molecule has 0 saturated heterocycles. The highest BCUT2D eigenvalue weighted by Gasteiger charge is 2.15. The number of carbonyl (C=O) groups excluding carboxylic acids is 1. The maximum atomic E-state index is 11.9. The van der Waals surface area contributed by atoms with Crippen LogP contribution >= 0.6 is 35.3 Å². The smallest absolute Gasteiger partial charge is 0.230 e. The Kier molecular flexibility index (Phi) is 7.04. The normalized spacial score (nSPS) is 11.6. The number of hydrogen-bond donors (Lipinski definition) is 2. The first-order chi connectivity index (χ1) is 9.61. The van der Waals surface area contributed by atoms with E-state index in [2.05, 4.69) is 20.8 Å². The van der Waals surface area contributed by atoms with E-state index in [1.54, 1.807) is 6.07 Å². The maximum absolute atomic E-state index is 11.9. The van der Waals surface area contributed by atoms with Gasteiger partial charge in [0.15, 0.2) is 5.01 Å². The van der Waals surface area contributed by atoms with Crippen molar-refractivity contribution in [2.75, 3.05) is 18.9 Å². The third kappa shape index (κ3) is 4.64. The van der Waals surface area contributed by atoms with Gasteiger partial charge < -0.3 is 10.6 Å². The third-order valence-electron chi connectivity index (χ3n) is 2.72. The number of nitrogens with one attached hydrogen (secondary N) is 2. The summed E-state index contributed by atoms with van der Waals surface area (Å²) in [5.41, 5.74) is 0.815. The molecule has 0 bridgehead atoms. The summed E-state index contributed by atoms with van der Waals surface area (Å²) in [5.74, 6) is -0.214. The van der Waals surface area contributed by atoms with E-state index in [0.717, 1.165) is 5.56 Å². The molecule has 1 unspecified atom stereocenters. The van der Waals surface area contributed by atoms with Crippen molar-refractivity contribution in [3.63, 3.8) is 0 Å². The van der Waals surface area contributed by atoms with E-state index in [1.165, 1.54) is 11.3 Å². The fourth-order valence-electron chi connectivity index (χ4n) is 1.64. The molecule has 0 spiro atoms. The molecular weight excluding hydrogens is 331 g/mol. The van der Waals surface area contributed by atoms with E-state index in [4.69, 9.17) is 11.6 Å². The maximum Gasteiger partial charge on any atom is 0.230 e. The Balaban J connectivity index is 0.00000220. The molecule has 0 aliphatic heterocycles. The molecule has 0 fully saturated rings. The quantitative estimate of drug-likeness (QED) is 0.872. The number of aromatic nitrogens is 2. The lowest BCUT2D eigenvalue weighted by molar-refractivity contribution is -0.119. The van der Waals surface area contributed by atoms with Crippen molar-refractivity contribution < 1.29 is 4.79 Å². The number of carbonyl (C=O) groups is 1. The standard InChI is InChI=1S/C13H15ClN4OS.ClH/c1-8(7-15-2)11(19)16-13-18-17-12(20-13)9-5-3-4-6-10(9)14;/h3-6,8,15H,7H2,1-2H3,(H,16,18,19);1H. The lowest BCUT2D eigenvalue weighted by atomic mass is 10.2. The predicted octanol–water partition coefficient (Wildman–Crippen LogP) is 3.07. The zero-order valence-electron chi connectivity index (χ0n) is 11.6. The first-order valence-electron chi connectivity index (χ1n) is 6.15. The van der Waals surface area contributed by atoms with Gasteiger partial charge in [-0.15, -0.1) is 22.6 Å². The topological polar surface area (TPSA) is 66.9 Å². The molecule has 1 aromatic carbocycles. The molecule has 1 amide bonds. The lowest BCUT2D eigenvalue weighted by Gasteiger charge is -2.08. The SMILES string of the molecule is CNCC(C)C(=O)Nc1nnc(-c2ccccc2Cl)s1.Cl. The molecule has 0 radical (unpaired) electrons. The Hall–Kier alpha value is -1.21. The number of benzene rings is 1. The number of anilines is 1. The van der Waals surface area contributed by atoms with Gasteiger partial charge in [0.2, 0.25) is 11.0 Å². The second-order valence-electron chi connectivity index (χ2n) is 4.34. The molecule has 21 heavy (non-hydrogen) atoms. The van der Waals surface area contributed by atoms with Crippen molar-refractivity contribution in [2.45, 2.75) is 6.92 Å². The summed E-state index contributed by atoms with van der Waals surface area (Å²) < 4.78 is 0. The molecule has 5 nitrogen and oxygen atoms in total. The van der Waals surface area contributed by atoms with Crippen molar-refractivity contribution in [2.24, 2.45) is 5.92 Å². The minimum Gasteiger partial charge on any atom is -0.319 e. The van der Waals surface area contributed by atoms with Gasteiger partial charge in [-0.25, -0.2) is 0 Å². The van der Waals surface area contributed by atoms with Gasteiger partial charge in [0.25, 0.3) is 0 Å². The van der Waals surface area contributed by atoms with Crippen LogP contribution in [0.2, 0.25) is 5.02 Å². The summed E-state index contributed by atoms with van der Waals surface area (Å²) in [6, 6.07) is 7.41. The van der Waals surface area contributed by atoms with Crippen molar-refractivity contribution in [1.29, 1.82) is 0 Å². The van der Waals surface area contributed by atoms with Gasteiger partial charge in [0.05, 0.1) is 5.02 Å². The highest BCUT2D eigenvalue weighted by molar-refractivity contribution is 7.18. The van der Waals surface area contributed by atoms with Crippen LogP contribution in [0.1, 0.15) is 6.92 Å². The fraction of sp³-hybridized carbons (Fsp3) is 0.308. The average molecular weight is 347 g/mol. The molecular formula is C13H16Cl2N4OS. The van der Waals surface area contributed by atoms with Crippen LogP contribution < -0.4 is 10.6 Å². The Bertz CT molecular complexity index is 605. The largest absolute Gasteiger partial charge is 0.319 e. The second-order valence-corrected chi connectivity index (χ2v) is 5.72. The highest BCUT2D eigenvalue weighted by Crippen LogP contribution is 2.31. The lowest BCUT2D eigenvalue weighted by Crippen LogP contribution is -2.28. The molecule has 2 N–H and O–H groups in total. The number of hydrogen-bond acceptors (Lipinski definition) is 5. The van der Waals surface area contributed by atoms with Crippen molar-refractivity contribution in [3.05, 3.63) is 29.3 Å². The third-order valence-corrected chi connectivity index (χ3v) is 3.92. The molecule has 2 rings (SSSR count). The summed E-state index contributed by atoms with van der Waals surface area (Å²) >= 11 is 7.41. The second kappa shape index (κ2) is 8.29. The van der Waals surface area contributed by atoms with Crippen LogP contribution in [0.5, 0.6) is 0 Å². The molecule has 0 aliphatic carbocycles. The fourth-order valence-corrected chi connectivity index (χ4v) is 2.71. The van der Waals surface area contributed by atoms with Gasteiger partial charge in [-0.1, -0.05) is 48.1 Å². The zero-order valence-corrected chi connectivity index (χ0v) is 14.0. The van der Waals surface area contributed by atoms with E-state index in [-0.39, 0.29) is 24.2 Å². The van der Waals surface area contributed by atoms with E-state index >= 15 is 0 Å². The van der Waals surface area contributed by atoms with Crippen molar-refractivity contribution in [1.82, 2.24) is 15.5 Å². The number of nitrogens with zero attached hydrogens (tertiary/aromatic N) is 2. The molecule has 0 aliphatic rings. The summed E-state index contributed by atoms with van der Waals surface area (Å²) in [6.45, 7) is 2.46. The average Bonchev–Trinajstić information content (AvgIpc) is 2.87. The molecule has 2 aromatic rings. The molecule has 0 saturated carbocycles. The van der Waals surface area contributed by atoms with Gasteiger partial charge in [-0.2, -0.15) is 0 Å². The van der Waals surface area contributed by atoms with Crippen molar-refractivity contribution >= 4 is 46.4 Å². The van der Waals surface area contributed by atoms with E-state index in [9.17, 15) is 4.79 Å². The van der Waals surface area contributed by atoms with Gasteiger partial charge in [0, 0.05) is 18.0 Å². The van der Waals surface area contributed by atoms with Crippen LogP contribution in [0.15, 0.2) is 24.3 Å². The van der Waals surface area contributed by atoms with Gasteiger partial charge in [-0.05, 0) is 13.1 Å². The molecule has 1 heterocycles. The molecule has 8 heteroatoms. The van der Waals surface area contributed by atoms with Crippen LogP contribution in [0.4, 0.5) is 5.13 Å². The van der Waals surface area contributed by atoms with Gasteiger partial charge in [-0.3, -0.25) is 4.79 Å². The van der Waals surface area contributed by atoms with Crippen molar-refractivity contribution in [3.8, 4) is 10.6 Å². The summed E-state index contributed by atoms with van der Waals surface area (Å²) in [5, 5.41) is 15.5. The van der Waals surface area contributed by atoms with Crippen LogP contribution in [0.25, 0.3) is 10.6 Å². The van der Waals surface area contributed by atoms with E-state index in [0.29, 0.717) is 21.7 Å². The monoisotopic (exact) mass is 346 g/mol. The van der Waals surface area contributed by atoms with Crippen LogP contribution in [0, 0.1) is 5.92 Å². The van der Waals surface area contributed by atoms with E-state index < -0.39 is 0 Å². The summed E-state index contributed by atoms with van der Waals surface area (Å²) in [6.07, 6.45) is 0. The highest BCUT2D eigenvalue weighted by atomic mass is 35.5. The molecule has 1 atom stereocenters. The minimum atomic E-state index is -0.132. The van der Waals surface area contributed by atoms with Crippen LogP contribution in [-0.2, 0) is 4.79 Å². The Labute approximate surface area is 138 Å². The van der Waals surface area contributed by atoms with E-state index in [1.807, 2.05) is 32.2 Å². The number of halogens is 2. The minimum absolute atomic E-state index is 0. The summed E-state index contributed by atoms with van der Waals surface area (Å²) in [4.78, 5) is 11.9. The Morgan fingerprint density at radius 1 is 1.38 bits per heavy atom. The van der Waals surface area contributed by atoms with Crippen LogP contribution in [0.3, 0.4) is 0 Å². The molecule has 114 valence electrons. The Morgan fingerprint density at radius 2 is 2.10 bits per heavy atom. The Morgan fingerprint density at radius 3 is 2.76 bits per heavy atom. The first kappa shape index (κ1) is 17.8. The van der Waals surface area contributed by atoms with Gasteiger partial charge >= 0.3 is 0 Å². The molecule has 1 aromatic heterocycles. The number of rotatable bonds is 5. The zero-order chi connectivity index (χ0) is 14.5. The predicted molar refractivity (Wildman–Crippen MR) is 89.3 cm³/mol.